The fourth-order valence-electron chi connectivity index (χ4n) is 1.83. The first-order valence-corrected chi connectivity index (χ1v) is 4.80. The molecule has 78 valence electrons. The molecule has 1 atom stereocenters. The van der Waals surface area contributed by atoms with Crippen molar-refractivity contribution in [3.05, 3.63) is 12.4 Å². The zero-order valence-electron chi connectivity index (χ0n) is 7.98. The Kier molecular flexibility index (Phi) is 1.78. The monoisotopic (exact) mass is 206 g/mol. The Labute approximate surface area is 85.3 Å². The third-order valence-electron chi connectivity index (χ3n) is 2.58. The van der Waals surface area contributed by atoms with Gasteiger partial charge in [0.15, 0.2) is 11.5 Å². The lowest BCUT2D eigenvalue weighted by Gasteiger charge is -2.16. The molecule has 1 unspecified atom stereocenters. The van der Waals surface area contributed by atoms with Crippen LogP contribution in [0.15, 0.2) is 12.4 Å². The van der Waals surface area contributed by atoms with Crippen LogP contribution in [-0.4, -0.2) is 49.3 Å². The van der Waals surface area contributed by atoms with E-state index < -0.39 is 0 Å². The molecule has 7 nitrogen and oxygen atoms in total. The van der Waals surface area contributed by atoms with Crippen molar-refractivity contribution in [3.63, 3.8) is 0 Å². The molecule has 0 amide bonds. The van der Waals surface area contributed by atoms with Crippen LogP contribution in [0.4, 0.5) is 5.82 Å². The van der Waals surface area contributed by atoms with Crippen LogP contribution in [0.3, 0.4) is 0 Å². The van der Waals surface area contributed by atoms with E-state index in [4.69, 9.17) is 0 Å². The van der Waals surface area contributed by atoms with Gasteiger partial charge in [-0.2, -0.15) is 4.52 Å². The molecular weight excluding hydrogens is 196 g/mol. The summed E-state index contributed by atoms with van der Waals surface area (Å²) in [7, 11) is 0. The number of hydrogen-bond donors (Lipinski definition) is 1. The highest BCUT2D eigenvalue weighted by Crippen LogP contribution is 2.18. The lowest BCUT2D eigenvalue weighted by molar-refractivity contribution is 0.198. The molecule has 0 aliphatic carbocycles. The third-order valence-corrected chi connectivity index (χ3v) is 2.58. The molecule has 0 saturated carbocycles. The van der Waals surface area contributed by atoms with Gasteiger partial charge in [0.25, 0.3) is 0 Å². The molecule has 0 spiro atoms. The summed E-state index contributed by atoms with van der Waals surface area (Å²) in [6.45, 7) is 1.42. The van der Waals surface area contributed by atoms with Crippen molar-refractivity contribution in [2.45, 2.75) is 12.5 Å². The Morgan fingerprint density at radius 1 is 1.40 bits per heavy atom. The molecule has 2 aromatic rings. The van der Waals surface area contributed by atoms with E-state index in [0.29, 0.717) is 12.2 Å². The standard InChI is InChI=1S/C8H10N6O/c15-6-1-2-13(5-6)8-4-9-3-7-10-11-12-14(7)8/h3-4,6,15H,1-2,5H2. The molecule has 15 heavy (non-hydrogen) atoms. The van der Waals surface area contributed by atoms with E-state index in [1.165, 1.54) is 0 Å². The topological polar surface area (TPSA) is 79.4 Å². The van der Waals surface area contributed by atoms with Crippen LogP contribution in [0.1, 0.15) is 6.42 Å². The highest BCUT2D eigenvalue weighted by atomic mass is 16.3. The summed E-state index contributed by atoms with van der Waals surface area (Å²) in [6, 6.07) is 0. The highest BCUT2D eigenvalue weighted by molar-refractivity contribution is 5.46. The quantitative estimate of drug-likeness (QED) is 0.650. The van der Waals surface area contributed by atoms with E-state index >= 15 is 0 Å². The van der Waals surface area contributed by atoms with Gasteiger partial charge in [-0.05, 0) is 16.8 Å². The number of fused-ring (bicyclic) bond motifs is 1. The van der Waals surface area contributed by atoms with Gasteiger partial charge in [0.2, 0.25) is 0 Å². The summed E-state index contributed by atoms with van der Waals surface area (Å²) < 4.78 is 1.63. The zero-order chi connectivity index (χ0) is 10.3. The van der Waals surface area contributed by atoms with Crippen molar-refractivity contribution in [1.82, 2.24) is 25.0 Å². The Bertz CT molecular complexity index is 483. The van der Waals surface area contributed by atoms with Crippen LogP contribution in [-0.2, 0) is 0 Å². The first kappa shape index (κ1) is 8.54. The van der Waals surface area contributed by atoms with Gasteiger partial charge in [-0.1, -0.05) is 0 Å². The Morgan fingerprint density at radius 3 is 3.13 bits per heavy atom. The highest BCUT2D eigenvalue weighted by Gasteiger charge is 2.22. The van der Waals surface area contributed by atoms with Crippen LogP contribution >= 0.6 is 0 Å². The smallest absolute Gasteiger partial charge is 0.199 e. The normalized spacial score (nSPS) is 21.4. The van der Waals surface area contributed by atoms with Crippen molar-refractivity contribution in [3.8, 4) is 0 Å². The van der Waals surface area contributed by atoms with Crippen molar-refractivity contribution < 1.29 is 5.11 Å². The Balaban J connectivity index is 2.06. The van der Waals surface area contributed by atoms with E-state index in [1.807, 2.05) is 4.90 Å². The lowest BCUT2D eigenvalue weighted by atomic mass is 10.3. The number of tetrazole rings is 1. The largest absolute Gasteiger partial charge is 0.391 e. The molecule has 7 heteroatoms. The molecule has 0 radical (unpaired) electrons. The number of aliphatic hydroxyl groups excluding tert-OH is 1. The maximum atomic E-state index is 9.46. The number of anilines is 1. The Morgan fingerprint density at radius 2 is 2.33 bits per heavy atom. The van der Waals surface area contributed by atoms with Gasteiger partial charge < -0.3 is 10.0 Å². The molecule has 3 heterocycles. The van der Waals surface area contributed by atoms with Crippen LogP contribution in [0, 0.1) is 0 Å². The molecule has 2 aromatic heterocycles. The fraction of sp³-hybridized carbons (Fsp3) is 0.500. The van der Waals surface area contributed by atoms with Gasteiger partial charge >= 0.3 is 0 Å². The van der Waals surface area contributed by atoms with Crippen molar-refractivity contribution in [2.75, 3.05) is 18.0 Å². The minimum absolute atomic E-state index is 0.267. The van der Waals surface area contributed by atoms with Crippen molar-refractivity contribution in [1.29, 1.82) is 0 Å². The Hall–Kier alpha value is -1.76. The molecule has 0 aromatic carbocycles. The first-order valence-electron chi connectivity index (χ1n) is 4.80. The fourth-order valence-corrected chi connectivity index (χ4v) is 1.83. The summed E-state index contributed by atoms with van der Waals surface area (Å²) in [4.78, 5) is 6.10. The van der Waals surface area contributed by atoms with Gasteiger partial charge in [-0.15, -0.1) is 5.10 Å². The van der Waals surface area contributed by atoms with Crippen LogP contribution in [0.25, 0.3) is 5.65 Å². The van der Waals surface area contributed by atoms with Crippen molar-refractivity contribution >= 4 is 11.5 Å². The maximum absolute atomic E-state index is 9.46. The molecule has 1 saturated heterocycles. The summed E-state index contributed by atoms with van der Waals surface area (Å²) >= 11 is 0. The summed E-state index contributed by atoms with van der Waals surface area (Å²) in [5.74, 6) is 0.828. The number of hydrogen-bond acceptors (Lipinski definition) is 6. The number of nitrogens with zero attached hydrogens (tertiary/aromatic N) is 6. The zero-order valence-corrected chi connectivity index (χ0v) is 7.98. The van der Waals surface area contributed by atoms with Crippen LogP contribution in [0.2, 0.25) is 0 Å². The van der Waals surface area contributed by atoms with Crippen LogP contribution in [0.5, 0.6) is 0 Å². The molecular formula is C8H10N6O. The first-order chi connectivity index (χ1) is 7.34. The second kappa shape index (κ2) is 3.13. The van der Waals surface area contributed by atoms with Crippen LogP contribution < -0.4 is 4.90 Å². The summed E-state index contributed by atoms with van der Waals surface area (Å²) in [5.41, 5.74) is 0.619. The molecule has 3 rings (SSSR count). The van der Waals surface area contributed by atoms with E-state index in [0.717, 1.165) is 18.8 Å². The summed E-state index contributed by atoms with van der Waals surface area (Å²) in [5, 5.41) is 20.7. The predicted molar refractivity (Wildman–Crippen MR) is 51.4 cm³/mol. The van der Waals surface area contributed by atoms with Gasteiger partial charge in [0.05, 0.1) is 18.5 Å². The lowest BCUT2D eigenvalue weighted by Crippen LogP contribution is -2.23. The minimum Gasteiger partial charge on any atom is -0.391 e. The van der Waals surface area contributed by atoms with Gasteiger partial charge in [-0.25, -0.2) is 0 Å². The van der Waals surface area contributed by atoms with Gasteiger partial charge in [0.1, 0.15) is 0 Å². The second-order valence-electron chi connectivity index (χ2n) is 3.60. The molecule has 0 bridgehead atoms. The summed E-state index contributed by atoms with van der Waals surface area (Å²) in [6.07, 6.45) is 3.83. The number of rotatable bonds is 1. The number of β-amino-alcohol motifs (C(OH)–C–C–N with tert-alkyl or cyclic N) is 1. The molecule has 1 N–H and O–H groups in total. The second-order valence-corrected chi connectivity index (χ2v) is 3.60. The third kappa shape index (κ3) is 1.32. The SMILES string of the molecule is OC1CCN(c2cncc3nnnn23)C1. The average molecular weight is 206 g/mol. The van der Waals surface area contributed by atoms with Gasteiger partial charge in [0, 0.05) is 13.1 Å². The molecule has 1 aliphatic heterocycles. The number of aliphatic hydroxyl groups is 1. The van der Waals surface area contributed by atoms with Crippen molar-refractivity contribution in [2.24, 2.45) is 0 Å². The molecule has 1 fully saturated rings. The predicted octanol–water partition coefficient (Wildman–Crippen LogP) is -0.910. The minimum atomic E-state index is -0.267. The maximum Gasteiger partial charge on any atom is 0.199 e. The van der Waals surface area contributed by atoms with E-state index in [2.05, 4.69) is 20.5 Å². The van der Waals surface area contributed by atoms with E-state index in [9.17, 15) is 5.11 Å². The van der Waals surface area contributed by atoms with E-state index in [-0.39, 0.29) is 6.10 Å². The number of aromatic nitrogens is 5. The molecule has 1 aliphatic rings. The van der Waals surface area contributed by atoms with Gasteiger partial charge in [-0.3, -0.25) is 4.98 Å². The van der Waals surface area contributed by atoms with E-state index in [1.54, 1.807) is 16.9 Å². The average Bonchev–Trinajstić information content (AvgIpc) is 2.84.